The Morgan fingerprint density at radius 1 is 1.57 bits per heavy atom. The lowest BCUT2D eigenvalue weighted by molar-refractivity contribution is 0.308. The molecule has 1 aliphatic rings. The van der Waals surface area contributed by atoms with Gasteiger partial charge in [-0.2, -0.15) is 0 Å². The van der Waals surface area contributed by atoms with Gasteiger partial charge in [-0.25, -0.2) is 0 Å². The summed E-state index contributed by atoms with van der Waals surface area (Å²) in [6.07, 6.45) is 5.29. The molecule has 78 valence electrons. The van der Waals surface area contributed by atoms with Gasteiger partial charge in [-0.3, -0.25) is 0 Å². The van der Waals surface area contributed by atoms with Crippen molar-refractivity contribution in [3.05, 3.63) is 22.4 Å². The Morgan fingerprint density at radius 2 is 2.50 bits per heavy atom. The summed E-state index contributed by atoms with van der Waals surface area (Å²) in [5.74, 6) is 0.921. The summed E-state index contributed by atoms with van der Waals surface area (Å²) < 4.78 is 0. The fourth-order valence-electron chi connectivity index (χ4n) is 2.21. The lowest BCUT2D eigenvalue weighted by atomic mass is 9.92. The van der Waals surface area contributed by atoms with Gasteiger partial charge < -0.3 is 5.32 Å². The zero-order chi connectivity index (χ0) is 9.80. The molecule has 1 aromatic heterocycles. The molecule has 0 aliphatic carbocycles. The molecule has 1 nitrogen and oxygen atoms in total. The smallest absolute Gasteiger partial charge is 0.00730 e. The first-order chi connectivity index (χ1) is 6.84. The van der Waals surface area contributed by atoms with E-state index in [2.05, 4.69) is 29.8 Å². The van der Waals surface area contributed by atoms with Crippen LogP contribution < -0.4 is 5.32 Å². The highest BCUT2D eigenvalue weighted by molar-refractivity contribution is 7.09. The van der Waals surface area contributed by atoms with Gasteiger partial charge in [0.25, 0.3) is 0 Å². The molecule has 2 unspecified atom stereocenters. The largest absolute Gasteiger partial charge is 0.314 e. The average molecular weight is 209 g/mol. The summed E-state index contributed by atoms with van der Waals surface area (Å²) in [4.78, 5) is 1.53. The lowest BCUT2D eigenvalue weighted by Crippen LogP contribution is -2.37. The van der Waals surface area contributed by atoms with Gasteiger partial charge in [-0.05, 0) is 49.6 Å². The first-order valence-corrected chi connectivity index (χ1v) is 6.48. The van der Waals surface area contributed by atoms with Crippen molar-refractivity contribution in [2.75, 3.05) is 6.54 Å². The highest BCUT2D eigenvalue weighted by Crippen LogP contribution is 2.19. The van der Waals surface area contributed by atoms with E-state index in [-0.39, 0.29) is 0 Å². The maximum absolute atomic E-state index is 3.62. The predicted molar refractivity (Wildman–Crippen MR) is 62.8 cm³/mol. The topological polar surface area (TPSA) is 12.0 Å². The third kappa shape index (κ3) is 2.82. The van der Waals surface area contributed by atoms with E-state index in [1.165, 1.54) is 37.1 Å². The van der Waals surface area contributed by atoms with Crippen LogP contribution in [0.15, 0.2) is 17.5 Å². The van der Waals surface area contributed by atoms with Crippen LogP contribution in [0.25, 0.3) is 0 Å². The van der Waals surface area contributed by atoms with Crippen molar-refractivity contribution in [3.63, 3.8) is 0 Å². The van der Waals surface area contributed by atoms with Gasteiger partial charge in [0, 0.05) is 10.9 Å². The number of rotatable bonds is 3. The highest BCUT2D eigenvalue weighted by Gasteiger charge is 2.17. The van der Waals surface area contributed by atoms with Gasteiger partial charge in [0.2, 0.25) is 0 Å². The molecule has 1 N–H and O–H groups in total. The van der Waals surface area contributed by atoms with Crippen molar-refractivity contribution in [2.24, 2.45) is 5.92 Å². The number of nitrogens with one attached hydrogen (secondary N) is 1. The molecule has 0 radical (unpaired) electrons. The first kappa shape index (κ1) is 10.2. The van der Waals surface area contributed by atoms with Gasteiger partial charge in [0.15, 0.2) is 0 Å². The number of piperidine rings is 1. The fourth-order valence-corrected chi connectivity index (χ4v) is 2.94. The number of aryl methyl sites for hydroxylation is 1. The average Bonchev–Trinajstić information content (AvgIpc) is 2.67. The monoisotopic (exact) mass is 209 g/mol. The molecule has 2 heterocycles. The van der Waals surface area contributed by atoms with Crippen molar-refractivity contribution in [2.45, 2.75) is 38.6 Å². The SMILES string of the molecule is CC1CCNC(CCc2cccs2)C1. The molecular weight excluding hydrogens is 190 g/mol. The minimum absolute atomic E-state index is 0.765. The van der Waals surface area contributed by atoms with Crippen molar-refractivity contribution >= 4 is 11.3 Å². The van der Waals surface area contributed by atoms with Crippen molar-refractivity contribution in [1.82, 2.24) is 5.32 Å². The molecule has 0 amide bonds. The molecule has 0 bridgehead atoms. The normalized spacial score (nSPS) is 27.8. The molecule has 2 heteroatoms. The third-order valence-electron chi connectivity index (χ3n) is 3.08. The number of hydrogen-bond donors (Lipinski definition) is 1. The lowest BCUT2D eigenvalue weighted by Gasteiger charge is -2.28. The Morgan fingerprint density at radius 3 is 3.21 bits per heavy atom. The van der Waals surface area contributed by atoms with Crippen LogP contribution in [0.3, 0.4) is 0 Å². The van der Waals surface area contributed by atoms with Crippen molar-refractivity contribution in [3.8, 4) is 0 Å². The minimum atomic E-state index is 0.765. The molecule has 2 rings (SSSR count). The van der Waals surface area contributed by atoms with E-state index in [1.54, 1.807) is 0 Å². The molecule has 2 atom stereocenters. The molecule has 1 saturated heterocycles. The van der Waals surface area contributed by atoms with Crippen molar-refractivity contribution < 1.29 is 0 Å². The van der Waals surface area contributed by atoms with Crippen molar-refractivity contribution in [1.29, 1.82) is 0 Å². The van der Waals surface area contributed by atoms with Crippen LogP contribution in [0.4, 0.5) is 0 Å². The van der Waals surface area contributed by atoms with Gasteiger partial charge in [0.05, 0.1) is 0 Å². The Bertz CT molecular complexity index is 255. The summed E-state index contributed by atoms with van der Waals surface area (Å²) in [5.41, 5.74) is 0. The minimum Gasteiger partial charge on any atom is -0.314 e. The van der Waals surface area contributed by atoms with Gasteiger partial charge in [0.1, 0.15) is 0 Å². The predicted octanol–water partition coefficient (Wildman–Crippen LogP) is 3.07. The Balaban J connectivity index is 1.75. The molecule has 0 saturated carbocycles. The molecule has 0 aromatic carbocycles. The fraction of sp³-hybridized carbons (Fsp3) is 0.667. The quantitative estimate of drug-likeness (QED) is 0.806. The molecule has 1 aromatic rings. The summed E-state index contributed by atoms with van der Waals surface area (Å²) >= 11 is 1.88. The standard InChI is InChI=1S/C12H19NS/c1-10-6-7-13-11(9-10)4-5-12-3-2-8-14-12/h2-3,8,10-11,13H,4-7,9H2,1H3. The highest BCUT2D eigenvalue weighted by atomic mass is 32.1. The molecular formula is C12H19NS. The van der Waals surface area contributed by atoms with E-state index in [0.29, 0.717) is 0 Å². The first-order valence-electron chi connectivity index (χ1n) is 5.60. The van der Waals surface area contributed by atoms with Crippen LogP contribution >= 0.6 is 11.3 Å². The van der Waals surface area contributed by atoms with Gasteiger partial charge >= 0.3 is 0 Å². The van der Waals surface area contributed by atoms with Gasteiger partial charge in [-0.15, -0.1) is 11.3 Å². The molecule has 1 fully saturated rings. The zero-order valence-electron chi connectivity index (χ0n) is 8.83. The van der Waals surface area contributed by atoms with E-state index in [1.807, 2.05) is 11.3 Å². The number of hydrogen-bond acceptors (Lipinski definition) is 2. The maximum Gasteiger partial charge on any atom is 0.00730 e. The summed E-state index contributed by atoms with van der Waals surface area (Å²) in [5, 5.41) is 5.79. The Labute approximate surface area is 90.5 Å². The van der Waals surface area contributed by atoms with E-state index in [9.17, 15) is 0 Å². The molecule has 1 aliphatic heterocycles. The van der Waals surface area contributed by atoms with E-state index in [4.69, 9.17) is 0 Å². The maximum atomic E-state index is 3.62. The van der Waals surface area contributed by atoms with Crippen LogP contribution in [-0.4, -0.2) is 12.6 Å². The Kier molecular flexibility index (Phi) is 3.60. The third-order valence-corrected chi connectivity index (χ3v) is 4.01. The second kappa shape index (κ2) is 4.94. The van der Waals surface area contributed by atoms with Gasteiger partial charge in [-0.1, -0.05) is 13.0 Å². The van der Waals surface area contributed by atoms with Crippen LogP contribution in [0, 0.1) is 5.92 Å². The van der Waals surface area contributed by atoms with Crippen LogP contribution in [0.1, 0.15) is 31.1 Å². The second-order valence-corrected chi connectivity index (χ2v) is 5.43. The summed E-state index contributed by atoms with van der Waals surface area (Å²) in [6.45, 7) is 3.59. The zero-order valence-corrected chi connectivity index (χ0v) is 9.65. The van der Waals surface area contributed by atoms with Crippen LogP contribution in [0.2, 0.25) is 0 Å². The number of thiophene rings is 1. The summed E-state index contributed by atoms with van der Waals surface area (Å²) in [6, 6.07) is 5.16. The molecule has 0 spiro atoms. The summed E-state index contributed by atoms with van der Waals surface area (Å²) in [7, 11) is 0. The Hall–Kier alpha value is -0.340. The second-order valence-electron chi connectivity index (χ2n) is 4.40. The molecule has 14 heavy (non-hydrogen) atoms. The van der Waals surface area contributed by atoms with Crippen LogP contribution in [0.5, 0.6) is 0 Å². The van der Waals surface area contributed by atoms with E-state index < -0.39 is 0 Å². The van der Waals surface area contributed by atoms with E-state index >= 15 is 0 Å². The van der Waals surface area contributed by atoms with Crippen LogP contribution in [-0.2, 0) is 6.42 Å². The van der Waals surface area contributed by atoms with E-state index in [0.717, 1.165) is 12.0 Å².